The van der Waals surface area contributed by atoms with Crippen LogP contribution < -0.4 is 5.32 Å². The first kappa shape index (κ1) is 11.1. The lowest BCUT2D eigenvalue weighted by molar-refractivity contribution is -0.118. The molecule has 1 amide bonds. The summed E-state index contributed by atoms with van der Waals surface area (Å²) in [7, 11) is 0. The predicted molar refractivity (Wildman–Crippen MR) is 59.5 cm³/mol. The number of nitrogens with zero attached hydrogens (tertiary/aromatic N) is 1. The van der Waals surface area contributed by atoms with Crippen LogP contribution in [0.1, 0.15) is 12.5 Å². The van der Waals surface area contributed by atoms with Gasteiger partial charge in [-0.3, -0.25) is 9.89 Å². The molecule has 0 bridgehead atoms. The smallest absolute Gasteiger partial charge is 0.229 e. The predicted octanol–water partition coefficient (Wildman–Crippen LogP) is 1.66. The van der Waals surface area contributed by atoms with Crippen molar-refractivity contribution in [2.45, 2.75) is 13.8 Å². The molecule has 4 nitrogen and oxygen atoms in total. The molecule has 1 heterocycles. The third kappa shape index (κ3) is 2.77. The van der Waals surface area contributed by atoms with Crippen LogP contribution in [0.15, 0.2) is 6.20 Å². The molecule has 1 aromatic heterocycles. The number of nitrogens with one attached hydrogen (secondary N) is 2. The Balaban J connectivity index is 2.53. The van der Waals surface area contributed by atoms with E-state index in [9.17, 15) is 4.79 Å². The number of carbonyl (C=O) groups excluding carboxylic acids is 1. The van der Waals surface area contributed by atoms with Gasteiger partial charge in [-0.25, -0.2) is 0 Å². The molecule has 0 radical (unpaired) electrons. The Morgan fingerprint density at radius 1 is 1.79 bits per heavy atom. The Labute approximate surface area is 87.9 Å². The van der Waals surface area contributed by atoms with Gasteiger partial charge in [0.05, 0.1) is 6.20 Å². The van der Waals surface area contributed by atoms with E-state index < -0.39 is 0 Å². The van der Waals surface area contributed by atoms with Crippen LogP contribution in [0, 0.1) is 12.8 Å². The number of thioether (sulfide) groups is 1. The highest BCUT2D eigenvalue weighted by molar-refractivity contribution is 7.98. The zero-order valence-corrected chi connectivity index (χ0v) is 9.44. The lowest BCUT2D eigenvalue weighted by Gasteiger charge is -2.09. The summed E-state index contributed by atoms with van der Waals surface area (Å²) in [5.74, 6) is 1.58. The SMILES string of the molecule is CSCC(C)C(=O)Nc1[nH]ncc1C. The number of carbonyl (C=O) groups is 1. The van der Waals surface area contributed by atoms with Crippen LogP contribution in [0.4, 0.5) is 5.82 Å². The number of hydrogen-bond acceptors (Lipinski definition) is 3. The van der Waals surface area contributed by atoms with E-state index in [0.29, 0.717) is 5.82 Å². The van der Waals surface area contributed by atoms with Crippen molar-refractivity contribution in [3.63, 3.8) is 0 Å². The first-order chi connectivity index (χ1) is 6.65. The van der Waals surface area contributed by atoms with Crippen molar-refractivity contribution in [1.29, 1.82) is 0 Å². The molecule has 0 aromatic carbocycles. The second kappa shape index (κ2) is 5.05. The zero-order chi connectivity index (χ0) is 10.6. The van der Waals surface area contributed by atoms with E-state index in [1.807, 2.05) is 20.1 Å². The molecule has 1 rings (SSSR count). The molecule has 0 aliphatic rings. The molecule has 14 heavy (non-hydrogen) atoms. The van der Waals surface area contributed by atoms with Crippen molar-refractivity contribution >= 4 is 23.5 Å². The van der Waals surface area contributed by atoms with E-state index in [2.05, 4.69) is 15.5 Å². The number of anilines is 1. The molecule has 1 atom stereocenters. The summed E-state index contributed by atoms with van der Waals surface area (Å²) < 4.78 is 0. The average molecular weight is 213 g/mol. The minimum absolute atomic E-state index is 0.0210. The molecule has 78 valence electrons. The summed E-state index contributed by atoms with van der Waals surface area (Å²) >= 11 is 1.67. The van der Waals surface area contributed by atoms with Gasteiger partial charge in [-0.15, -0.1) is 0 Å². The van der Waals surface area contributed by atoms with Crippen LogP contribution in [0.5, 0.6) is 0 Å². The van der Waals surface area contributed by atoms with E-state index in [1.165, 1.54) is 0 Å². The highest BCUT2D eigenvalue weighted by atomic mass is 32.2. The van der Waals surface area contributed by atoms with E-state index in [-0.39, 0.29) is 11.8 Å². The fourth-order valence-corrected chi connectivity index (χ4v) is 1.70. The molecule has 1 unspecified atom stereocenters. The van der Waals surface area contributed by atoms with E-state index >= 15 is 0 Å². The maximum Gasteiger partial charge on any atom is 0.229 e. The number of rotatable bonds is 4. The molecule has 0 spiro atoms. The first-order valence-electron chi connectivity index (χ1n) is 4.45. The van der Waals surface area contributed by atoms with Gasteiger partial charge in [-0.05, 0) is 13.2 Å². The van der Waals surface area contributed by atoms with Gasteiger partial charge in [-0.1, -0.05) is 6.92 Å². The van der Waals surface area contributed by atoms with E-state index in [4.69, 9.17) is 0 Å². The van der Waals surface area contributed by atoms with Gasteiger partial charge in [0, 0.05) is 17.2 Å². The van der Waals surface area contributed by atoms with Crippen molar-refractivity contribution in [2.75, 3.05) is 17.3 Å². The third-order valence-corrected chi connectivity index (χ3v) is 2.77. The number of H-pyrrole nitrogens is 1. The van der Waals surface area contributed by atoms with Crippen LogP contribution in [0.3, 0.4) is 0 Å². The van der Waals surface area contributed by atoms with Gasteiger partial charge < -0.3 is 5.32 Å². The standard InChI is InChI=1S/C9H15N3OS/c1-6-4-10-12-8(6)11-9(13)7(2)5-14-3/h4,7H,5H2,1-3H3,(H2,10,11,12,13). The fraction of sp³-hybridized carbons (Fsp3) is 0.556. The quantitative estimate of drug-likeness (QED) is 0.799. The van der Waals surface area contributed by atoms with Crippen molar-refractivity contribution < 1.29 is 4.79 Å². The zero-order valence-electron chi connectivity index (χ0n) is 8.63. The topological polar surface area (TPSA) is 57.8 Å². The van der Waals surface area contributed by atoms with E-state index in [1.54, 1.807) is 18.0 Å². The van der Waals surface area contributed by atoms with Crippen molar-refractivity contribution in [3.8, 4) is 0 Å². The maximum atomic E-state index is 11.6. The maximum absolute atomic E-state index is 11.6. The Morgan fingerprint density at radius 2 is 2.50 bits per heavy atom. The molecule has 0 saturated heterocycles. The summed E-state index contributed by atoms with van der Waals surface area (Å²) in [6.45, 7) is 3.82. The number of aromatic nitrogens is 2. The van der Waals surface area contributed by atoms with Crippen molar-refractivity contribution in [1.82, 2.24) is 10.2 Å². The summed E-state index contributed by atoms with van der Waals surface area (Å²) in [6.07, 6.45) is 3.68. The molecule has 2 N–H and O–H groups in total. The summed E-state index contributed by atoms with van der Waals surface area (Å²) in [6, 6.07) is 0. The van der Waals surface area contributed by atoms with Gasteiger partial charge in [0.15, 0.2) is 0 Å². The number of hydrogen-bond donors (Lipinski definition) is 2. The molecule has 0 aliphatic heterocycles. The number of aromatic amines is 1. The second-order valence-corrected chi connectivity index (χ2v) is 4.18. The molecule has 0 aliphatic carbocycles. The van der Waals surface area contributed by atoms with Crippen LogP contribution in [0.25, 0.3) is 0 Å². The highest BCUT2D eigenvalue weighted by Gasteiger charge is 2.13. The lowest BCUT2D eigenvalue weighted by atomic mass is 10.2. The second-order valence-electron chi connectivity index (χ2n) is 3.27. The summed E-state index contributed by atoms with van der Waals surface area (Å²) in [4.78, 5) is 11.6. The van der Waals surface area contributed by atoms with Crippen molar-refractivity contribution in [3.05, 3.63) is 11.8 Å². The van der Waals surface area contributed by atoms with Gasteiger partial charge in [-0.2, -0.15) is 16.9 Å². The van der Waals surface area contributed by atoms with Crippen LogP contribution in [-0.4, -0.2) is 28.1 Å². The monoisotopic (exact) mass is 213 g/mol. The molecule has 0 fully saturated rings. The Morgan fingerprint density at radius 3 is 3.00 bits per heavy atom. The Bertz CT molecular complexity index is 311. The molecule has 1 aromatic rings. The Kier molecular flexibility index (Phi) is 4.00. The number of aryl methyl sites for hydroxylation is 1. The minimum atomic E-state index is 0.0210. The average Bonchev–Trinajstić information content (AvgIpc) is 2.52. The molecule has 5 heteroatoms. The minimum Gasteiger partial charge on any atom is -0.311 e. The van der Waals surface area contributed by atoms with Crippen molar-refractivity contribution in [2.24, 2.45) is 5.92 Å². The molecular formula is C9H15N3OS. The van der Waals surface area contributed by atoms with Gasteiger partial charge in [0.2, 0.25) is 5.91 Å². The van der Waals surface area contributed by atoms with Gasteiger partial charge in [0.25, 0.3) is 0 Å². The largest absolute Gasteiger partial charge is 0.311 e. The summed E-state index contributed by atoms with van der Waals surface area (Å²) in [5.41, 5.74) is 0.953. The normalized spacial score (nSPS) is 12.5. The molecule has 0 saturated carbocycles. The van der Waals surface area contributed by atoms with E-state index in [0.717, 1.165) is 11.3 Å². The van der Waals surface area contributed by atoms with Crippen LogP contribution in [-0.2, 0) is 4.79 Å². The fourth-order valence-electron chi connectivity index (χ4n) is 1.04. The Hall–Kier alpha value is -0.970. The lowest BCUT2D eigenvalue weighted by Crippen LogP contribution is -2.22. The van der Waals surface area contributed by atoms with Crippen LogP contribution >= 0.6 is 11.8 Å². The summed E-state index contributed by atoms with van der Waals surface area (Å²) in [5, 5.41) is 9.38. The first-order valence-corrected chi connectivity index (χ1v) is 5.84. The highest BCUT2D eigenvalue weighted by Crippen LogP contribution is 2.11. The van der Waals surface area contributed by atoms with Gasteiger partial charge in [0.1, 0.15) is 5.82 Å². The third-order valence-electron chi connectivity index (χ3n) is 1.94. The van der Waals surface area contributed by atoms with Crippen LogP contribution in [0.2, 0.25) is 0 Å². The number of amides is 1. The molecular weight excluding hydrogens is 198 g/mol. The van der Waals surface area contributed by atoms with Gasteiger partial charge >= 0.3 is 0 Å².